The minimum absolute atomic E-state index is 0.0326. The van der Waals surface area contributed by atoms with E-state index in [1.165, 1.54) is 11.6 Å². The van der Waals surface area contributed by atoms with Crippen LogP contribution in [0.4, 0.5) is 5.69 Å². The first-order chi connectivity index (χ1) is 8.00. The molecule has 0 N–H and O–H groups in total. The van der Waals surface area contributed by atoms with Gasteiger partial charge in [-0.25, -0.2) is 4.68 Å². The Morgan fingerprint density at radius 3 is 2.65 bits per heavy atom. The van der Waals surface area contributed by atoms with Crippen LogP contribution in [0.25, 0.3) is 5.69 Å². The van der Waals surface area contributed by atoms with Crippen LogP contribution in [0.2, 0.25) is 10.2 Å². The number of rotatable bonds is 2. The van der Waals surface area contributed by atoms with Gasteiger partial charge in [0.2, 0.25) is 5.15 Å². The van der Waals surface area contributed by atoms with E-state index in [1.807, 2.05) is 0 Å². The van der Waals surface area contributed by atoms with E-state index >= 15 is 0 Å². The zero-order valence-electron chi connectivity index (χ0n) is 8.72. The van der Waals surface area contributed by atoms with Gasteiger partial charge in [0.15, 0.2) is 0 Å². The minimum atomic E-state index is -0.550. The van der Waals surface area contributed by atoms with Crippen molar-refractivity contribution in [1.29, 1.82) is 0 Å². The van der Waals surface area contributed by atoms with E-state index in [2.05, 4.69) is 5.10 Å². The fourth-order valence-electron chi connectivity index (χ4n) is 1.48. The molecule has 0 aliphatic carbocycles. The Hall–Kier alpha value is -1.59. The van der Waals surface area contributed by atoms with Crippen molar-refractivity contribution in [2.24, 2.45) is 0 Å². The Balaban J connectivity index is 2.62. The van der Waals surface area contributed by atoms with Gasteiger partial charge in [-0.05, 0) is 25.1 Å². The topological polar surface area (TPSA) is 61.0 Å². The molecule has 1 aromatic heterocycles. The number of benzene rings is 1. The number of nitro groups is 1. The molecule has 5 nitrogen and oxygen atoms in total. The number of aryl methyl sites for hydroxylation is 1. The summed E-state index contributed by atoms with van der Waals surface area (Å²) >= 11 is 11.8. The predicted molar refractivity (Wildman–Crippen MR) is 65.0 cm³/mol. The third-order valence-corrected chi connectivity index (χ3v) is 2.78. The van der Waals surface area contributed by atoms with Crippen molar-refractivity contribution in [3.05, 3.63) is 50.2 Å². The number of halogens is 2. The first-order valence-corrected chi connectivity index (χ1v) is 5.41. The summed E-state index contributed by atoms with van der Waals surface area (Å²) in [5.74, 6) is 0. The van der Waals surface area contributed by atoms with Crippen LogP contribution in [0.15, 0.2) is 24.3 Å². The largest absolute Gasteiger partial charge is 0.329 e. The van der Waals surface area contributed by atoms with Gasteiger partial charge in [-0.1, -0.05) is 29.3 Å². The van der Waals surface area contributed by atoms with Crippen LogP contribution < -0.4 is 0 Å². The first-order valence-electron chi connectivity index (χ1n) is 4.66. The highest BCUT2D eigenvalue weighted by atomic mass is 35.5. The predicted octanol–water partition coefficient (Wildman–Crippen LogP) is 3.40. The fourth-order valence-corrected chi connectivity index (χ4v) is 2.00. The molecular formula is C10H7Cl2N3O2. The van der Waals surface area contributed by atoms with Crippen LogP contribution >= 0.6 is 23.2 Å². The Morgan fingerprint density at radius 2 is 2.12 bits per heavy atom. The van der Waals surface area contributed by atoms with E-state index in [9.17, 15) is 10.1 Å². The second-order valence-corrected chi connectivity index (χ2v) is 4.17. The molecule has 0 aliphatic rings. The molecule has 0 fully saturated rings. The lowest BCUT2D eigenvalue weighted by atomic mass is 10.3. The molecular weight excluding hydrogens is 265 g/mol. The average molecular weight is 272 g/mol. The molecule has 1 heterocycles. The van der Waals surface area contributed by atoms with Gasteiger partial charge in [0.1, 0.15) is 5.69 Å². The quantitative estimate of drug-likeness (QED) is 0.621. The number of aromatic nitrogens is 2. The van der Waals surface area contributed by atoms with Crippen molar-refractivity contribution in [2.75, 3.05) is 0 Å². The molecule has 7 heteroatoms. The van der Waals surface area contributed by atoms with Gasteiger partial charge < -0.3 is 0 Å². The third-order valence-electron chi connectivity index (χ3n) is 2.21. The normalized spacial score (nSPS) is 10.5. The zero-order valence-corrected chi connectivity index (χ0v) is 10.2. The molecule has 0 unspecified atom stereocenters. The summed E-state index contributed by atoms with van der Waals surface area (Å²) in [6.07, 6.45) is 0. The lowest BCUT2D eigenvalue weighted by Gasteiger charge is -2.01. The van der Waals surface area contributed by atoms with Crippen LogP contribution in [0.5, 0.6) is 0 Å². The van der Waals surface area contributed by atoms with E-state index in [0.29, 0.717) is 10.7 Å². The Bertz CT molecular complexity index is 595. The van der Waals surface area contributed by atoms with E-state index < -0.39 is 4.92 Å². The van der Waals surface area contributed by atoms with Gasteiger partial charge in [0.05, 0.1) is 10.6 Å². The number of nitrogens with zero attached hydrogens (tertiary/aromatic N) is 3. The van der Waals surface area contributed by atoms with E-state index in [4.69, 9.17) is 23.2 Å². The van der Waals surface area contributed by atoms with Gasteiger partial charge in [-0.2, -0.15) is 5.10 Å². The second kappa shape index (κ2) is 4.35. The molecule has 0 saturated carbocycles. The van der Waals surface area contributed by atoms with Crippen molar-refractivity contribution < 1.29 is 4.92 Å². The molecule has 0 spiro atoms. The van der Waals surface area contributed by atoms with Crippen LogP contribution in [-0.2, 0) is 0 Å². The van der Waals surface area contributed by atoms with Crippen molar-refractivity contribution in [2.45, 2.75) is 6.92 Å². The number of hydrogen-bond donors (Lipinski definition) is 0. The maximum atomic E-state index is 10.8. The first kappa shape index (κ1) is 11.9. The molecule has 2 rings (SSSR count). The van der Waals surface area contributed by atoms with Gasteiger partial charge in [0, 0.05) is 5.02 Å². The second-order valence-electron chi connectivity index (χ2n) is 3.37. The molecule has 0 saturated heterocycles. The molecule has 0 amide bonds. The molecule has 2 aromatic rings. The fraction of sp³-hybridized carbons (Fsp3) is 0.100. The van der Waals surface area contributed by atoms with E-state index in [1.54, 1.807) is 24.3 Å². The maximum Gasteiger partial charge on any atom is 0.329 e. The minimum Gasteiger partial charge on any atom is -0.258 e. The van der Waals surface area contributed by atoms with Crippen molar-refractivity contribution >= 4 is 28.9 Å². The smallest absolute Gasteiger partial charge is 0.258 e. The summed E-state index contributed by atoms with van der Waals surface area (Å²) in [7, 11) is 0. The van der Waals surface area contributed by atoms with Crippen molar-refractivity contribution in [3.63, 3.8) is 0 Å². The highest BCUT2D eigenvalue weighted by molar-refractivity contribution is 6.32. The van der Waals surface area contributed by atoms with Crippen LogP contribution in [0.3, 0.4) is 0 Å². The number of hydrogen-bond acceptors (Lipinski definition) is 3. The van der Waals surface area contributed by atoms with Crippen LogP contribution in [0.1, 0.15) is 5.69 Å². The molecule has 1 aromatic carbocycles. The molecule has 0 aliphatic heterocycles. The summed E-state index contributed by atoms with van der Waals surface area (Å²) < 4.78 is 1.29. The van der Waals surface area contributed by atoms with Crippen molar-refractivity contribution in [1.82, 2.24) is 9.78 Å². The summed E-state index contributed by atoms with van der Waals surface area (Å²) in [5.41, 5.74) is 0.658. The summed E-state index contributed by atoms with van der Waals surface area (Å²) in [6, 6.07) is 6.76. The van der Waals surface area contributed by atoms with Gasteiger partial charge in [-0.3, -0.25) is 10.1 Å². The summed E-state index contributed by atoms with van der Waals surface area (Å²) in [6.45, 7) is 1.53. The maximum absolute atomic E-state index is 10.8. The zero-order chi connectivity index (χ0) is 12.6. The highest BCUT2D eigenvalue weighted by Gasteiger charge is 2.24. The van der Waals surface area contributed by atoms with E-state index in [0.717, 1.165) is 0 Å². The molecule has 0 radical (unpaired) electrons. The summed E-state index contributed by atoms with van der Waals surface area (Å²) in [4.78, 5) is 10.2. The molecule has 88 valence electrons. The Morgan fingerprint density at radius 1 is 1.41 bits per heavy atom. The molecule has 17 heavy (non-hydrogen) atoms. The van der Waals surface area contributed by atoms with Gasteiger partial charge >= 0.3 is 5.69 Å². The Kier molecular flexibility index (Phi) is 3.04. The lowest BCUT2D eigenvalue weighted by Crippen LogP contribution is -1.96. The molecule has 0 atom stereocenters. The van der Waals surface area contributed by atoms with Crippen LogP contribution in [-0.4, -0.2) is 14.7 Å². The lowest BCUT2D eigenvalue weighted by molar-refractivity contribution is -0.385. The Labute approximate surface area is 107 Å². The summed E-state index contributed by atoms with van der Waals surface area (Å²) in [5, 5.41) is 15.3. The van der Waals surface area contributed by atoms with Gasteiger partial charge in [-0.15, -0.1) is 0 Å². The van der Waals surface area contributed by atoms with Crippen molar-refractivity contribution in [3.8, 4) is 5.69 Å². The SMILES string of the molecule is Cc1nn(-c2cccc(Cl)c2)c(Cl)c1[N+](=O)[O-]. The standard InChI is InChI=1S/C10H7Cl2N3O2/c1-6-9(15(16)17)10(12)14(13-6)8-4-2-3-7(11)5-8/h2-5H,1H3. The monoisotopic (exact) mass is 271 g/mol. The third kappa shape index (κ3) is 2.11. The molecule has 0 bridgehead atoms. The highest BCUT2D eigenvalue weighted by Crippen LogP contribution is 2.30. The van der Waals surface area contributed by atoms with E-state index in [-0.39, 0.29) is 16.5 Å². The average Bonchev–Trinajstić information content (AvgIpc) is 2.54. The van der Waals surface area contributed by atoms with Crippen LogP contribution in [0, 0.1) is 17.0 Å². The van der Waals surface area contributed by atoms with Gasteiger partial charge in [0.25, 0.3) is 0 Å².